The molecule has 1 aliphatic rings. The number of piperidine rings is 1. The van der Waals surface area contributed by atoms with Gasteiger partial charge in [-0.2, -0.15) is 5.10 Å². The molecular weight excluding hydrogens is 360 g/mol. The van der Waals surface area contributed by atoms with Crippen LogP contribution in [0.15, 0.2) is 36.5 Å². The summed E-state index contributed by atoms with van der Waals surface area (Å²) in [6, 6.07) is 10.7. The van der Waals surface area contributed by atoms with Crippen LogP contribution in [0.2, 0.25) is 0 Å². The van der Waals surface area contributed by atoms with E-state index in [0.717, 1.165) is 25.9 Å². The third-order valence-electron chi connectivity index (χ3n) is 5.28. The molecule has 1 fully saturated rings. The number of carbonyl (C=O) groups excluding carboxylic acids is 1. The molecule has 2 aromatic rings. The van der Waals surface area contributed by atoms with Gasteiger partial charge in [-0.15, -0.1) is 12.4 Å². The minimum absolute atomic E-state index is 0. The van der Waals surface area contributed by atoms with Gasteiger partial charge in [0.25, 0.3) is 5.91 Å². The molecule has 1 amide bonds. The second-order valence-electron chi connectivity index (χ2n) is 8.09. The van der Waals surface area contributed by atoms with E-state index in [2.05, 4.69) is 55.5 Å². The fourth-order valence-corrected chi connectivity index (χ4v) is 3.67. The third-order valence-corrected chi connectivity index (χ3v) is 5.28. The van der Waals surface area contributed by atoms with Crippen LogP contribution in [0.3, 0.4) is 0 Å². The number of carbonyl (C=O) groups is 1. The fraction of sp³-hybridized carbons (Fsp3) is 0.524. The van der Waals surface area contributed by atoms with Gasteiger partial charge in [0.05, 0.1) is 6.04 Å². The predicted octanol–water partition coefficient (Wildman–Crippen LogP) is 3.59. The Bertz CT molecular complexity index is 748. The smallest absolute Gasteiger partial charge is 0.274 e. The maximum atomic E-state index is 12.8. The lowest BCUT2D eigenvalue weighted by molar-refractivity contribution is 0.0760. The molecule has 148 valence electrons. The topological polar surface area (TPSA) is 50.2 Å². The van der Waals surface area contributed by atoms with Gasteiger partial charge in [-0.25, -0.2) is 0 Å². The maximum absolute atomic E-state index is 12.8. The molecule has 2 heterocycles. The molecule has 1 saturated heterocycles. The Labute approximate surface area is 168 Å². The van der Waals surface area contributed by atoms with Gasteiger partial charge in [-0.05, 0) is 37.9 Å². The molecule has 0 bridgehead atoms. The first kappa shape index (κ1) is 21.5. The number of hydrogen-bond donors (Lipinski definition) is 1. The van der Waals surface area contributed by atoms with E-state index in [0.29, 0.717) is 18.3 Å². The van der Waals surface area contributed by atoms with Crippen molar-refractivity contribution in [2.75, 3.05) is 26.7 Å². The molecule has 1 aromatic heterocycles. The van der Waals surface area contributed by atoms with Gasteiger partial charge in [0.2, 0.25) is 0 Å². The van der Waals surface area contributed by atoms with Crippen LogP contribution in [0.4, 0.5) is 0 Å². The minimum atomic E-state index is -0.117. The highest BCUT2D eigenvalue weighted by atomic mass is 35.5. The molecule has 1 aliphatic heterocycles. The maximum Gasteiger partial charge on any atom is 0.274 e. The first-order valence-electron chi connectivity index (χ1n) is 9.45. The van der Waals surface area contributed by atoms with Crippen LogP contribution in [-0.2, 0) is 5.41 Å². The molecule has 6 heteroatoms. The lowest BCUT2D eigenvalue weighted by Gasteiger charge is -2.30. The molecule has 0 spiro atoms. The van der Waals surface area contributed by atoms with Crippen molar-refractivity contribution >= 4 is 18.3 Å². The first-order chi connectivity index (χ1) is 12.4. The summed E-state index contributed by atoms with van der Waals surface area (Å²) in [7, 11) is 1.86. The second kappa shape index (κ2) is 8.89. The molecule has 0 aliphatic carbocycles. The van der Waals surface area contributed by atoms with E-state index in [9.17, 15) is 4.79 Å². The Hall–Kier alpha value is -1.85. The monoisotopic (exact) mass is 390 g/mol. The summed E-state index contributed by atoms with van der Waals surface area (Å²) in [5.74, 6) is -0.0206. The zero-order valence-electron chi connectivity index (χ0n) is 16.7. The van der Waals surface area contributed by atoms with Gasteiger partial charge < -0.3 is 10.2 Å². The van der Waals surface area contributed by atoms with Gasteiger partial charge in [0, 0.05) is 31.7 Å². The molecule has 1 unspecified atom stereocenters. The summed E-state index contributed by atoms with van der Waals surface area (Å²) in [5.41, 5.74) is 2.89. The summed E-state index contributed by atoms with van der Waals surface area (Å²) in [6.07, 6.45) is 4.20. The van der Waals surface area contributed by atoms with Crippen molar-refractivity contribution in [3.8, 4) is 0 Å². The number of aromatic nitrogens is 2. The Kier molecular flexibility index (Phi) is 7.06. The zero-order chi connectivity index (χ0) is 18.7. The van der Waals surface area contributed by atoms with Crippen LogP contribution in [0, 0.1) is 6.92 Å². The summed E-state index contributed by atoms with van der Waals surface area (Å²) >= 11 is 0. The highest BCUT2D eigenvalue weighted by molar-refractivity contribution is 5.92. The Morgan fingerprint density at radius 1 is 1.30 bits per heavy atom. The number of nitrogens with zero attached hydrogens (tertiary/aromatic N) is 3. The number of likely N-dealkylation sites (N-methyl/N-ethyl adjacent to an activating group) is 1. The Balaban J connectivity index is 0.00000261. The third kappa shape index (κ3) is 5.11. The van der Waals surface area contributed by atoms with E-state index in [1.54, 1.807) is 4.90 Å². The SMILES string of the molecule is Cc1ccc(C(C)(C)CN(C)C(=O)c2ccn(C3CCCNC3)n2)cc1.Cl. The van der Waals surface area contributed by atoms with Crippen molar-refractivity contribution in [2.45, 2.75) is 45.1 Å². The first-order valence-corrected chi connectivity index (χ1v) is 9.45. The van der Waals surface area contributed by atoms with Gasteiger partial charge in [0.1, 0.15) is 5.69 Å². The van der Waals surface area contributed by atoms with E-state index in [4.69, 9.17) is 0 Å². The standard InChI is InChI=1S/C21H30N4O.ClH/c1-16-7-9-17(10-8-16)21(2,3)15-24(4)20(26)19-11-13-25(23-19)18-6-5-12-22-14-18;/h7-11,13,18,22H,5-6,12,14-15H2,1-4H3;1H. The van der Waals surface area contributed by atoms with Crippen molar-refractivity contribution in [1.29, 1.82) is 0 Å². The van der Waals surface area contributed by atoms with Crippen LogP contribution < -0.4 is 5.32 Å². The number of nitrogens with one attached hydrogen (secondary N) is 1. The summed E-state index contributed by atoms with van der Waals surface area (Å²) in [4.78, 5) is 14.6. The minimum Gasteiger partial charge on any atom is -0.339 e. The average molecular weight is 391 g/mol. The lowest BCUT2D eigenvalue weighted by atomic mass is 9.84. The predicted molar refractivity (Wildman–Crippen MR) is 112 cm³/mol. The van der Waals surface area contributed by atoms with Crippen LogP contribution in [0.25, 0.3) is 0 Å². The number of halogens is 1. The normalized spacial score (nSPS) is 17.3. The summed E-state index contributed by atoms with van der Waals surface area (Å²) in [6.45, 7) is 9.07. The number of hydrogen-bond acceptors (Lipinski definition) is 3. The lowest BCUT2D eigenvalue weighted by Crippen LogP contribution is -2.38. The Morgan fingerprint density at radius 2 is 2.00 bits per heavy atom. The van der Waals surface area contributed by atoms with Crippen LogP contribution in [0.5, 0.6) is 0 Å². The van der Waals surface area contributed by atoms with Crippen LogP contribution in [-0.4, -0.2) is 47.3 Å². The molecule has 27 heavy (non-hydrogen) atoms. The molecule has 1 aromatic carbocycles. The molecule has 1 atom stereocenters. The molecule has 3 rings (SSSR count). The molecule has 1 N–H and O–H groups in total. The summed E-state index contributed by atoms with van der Waals surface area (Å²) < 4.78 is 1.94. The van der Waals surface area contributed by atoms with Crippen molar-refractivity contribution in [3.63, 3.8) is 0 Å². The highest BCUT2D eigenvalue weighted by Gasteiger charge is 2.26. The van der Waals surface area contributed by atoms with E-state index in [-0.39, 0.29) is 23.7 Å². The van der Waals surface area contributed by atoms with Crippen LogP contribution in [0.1, 0.15) is 54.3 Å². The van der Waals surface area contributed by atoms with Crippen LogP contribution >= 0.6 is 12.4 Å². The highest BCUT2D eigenvalue weighted by Crippen LogP contribution is 2.25. The van der Waals surface area contributed by atoms with E-state index in [1.165, 1.54) is 11.1 Å². The molecule has 0 radical (unpaired) electrons. The molecule has 5 nitrogen and oxygen atoms in total. The number of amides is 1. The van der Waals surface area contributed by atoms with Crippen molar-refractivity contribution in [3.05, 3.63) is 53.3 Å². The van der Waals surface area contributed by atoms with Crippen molar-refractivity contribution in [2.24, 2.45) is 0 Å². The van der Waals surface area contributed by atoms with E-state index in [1.807, 2.05) is 24.0 Å². The Morgan fingerprint density at radius 3 is 2.63 bits per heavy atom. The van der Waals surface area contributed by atoms with Gasteiger partial charge in [-0.1, -0.05) is 43.7 Å². The van der Waals surface area contributed by atoms with E-state index < -0.39 is 0 Å². The van der Waals surface area contributed by atoms with Gasteiger partial charge >= 0.3 is 0 Å². The molecular formula is C21H31ClN4O. The molecule has 0 saturated carbocycles. The van der Waals surface area contributed by atoms with Crippen molar-refractivity contribution < 1.29 is 4.79 Å². The second-order valence-corrected chi connectivity index (χ2v) is 8.09. The zero-order valence-corrected chi connectivity index (χ0v) is 17.6. The van der Waals surface area contributed by atoms with Crippen molar-refractivity contribution in [1.82, 2.24) is 20.0 Å². The largest absolute Gasteiger partial charge is 0.339 e. The number of benzene rings is 1. The fourth-order valence-electron chi connectivity index (χ4n) is 3.67. The van der Waals surface area contributed by atoms with Gasteiger partial charge in [-0.3, -0.25) is 9.48 Å². The van der Waals surface area contributed by atoms with Gasteiger partial charge in [0.15, 0.2) is 0 Å². The van der Waals surface area contributed by atoms with E-state index >= 15 is 0 Å². The quantitative estimate of drug-likeness (QED) is 0.848. The number of rotatable bonds is 5. The number of aryl methyl sites for hydroxylation is 1. The average Bonchev–Trinajstić information content (AvgIpc) is 3.12. The summed E-state index contributed by atoms with van der Waals surface area (Å²) in [5, 5.41) is 7.95.